The molecule has 0 saturated carbocycles. The minimum atomic E-state index is -0.629. The average molecular weight is 360 g/mol. The Morgan fingerprint density at radius 2 is 1.96 bits per heavy atom. The van der Waals surface area contributed by atoms with Gasteiger partial charge in [0.25, 0.3) is 0 Å². The van der Waals surface area contributed by atoms with Gasteiger partial charge < -0.3 is 20.8 Å². The quantitative estimate of drug-likeness (QED) is 0.733. The highest BCUT2D eigenvalue weighted by atomic mass is 16.3. The molecule has 7 heteroatoms. The Balaban J connectivity index is 1.97. The fraction of sp³-hybridized carbons (Fsp3) is 0.526. The van der Waals surface area contributed by atoms with Gasteiger partial charge in [0.05, 0.1) is 12.6 Å². The van der Waals surface area contributed by atoms with Gasteiger partial charge in [-0.2, -0.15) is 0 Å². The van der Waals surface area contributed by atoms with Crippen LogP contribution in [0.5, 0.6) is 0 Å². The number of rotatable bonds is 6. The van der Waals surface area contributed by atoms with Crippen LogP contribution < -0.4 is 16.4 Å². The van der Waals surface area contributed by atoms with Crippen LogP contribution >= 0.6 is 0 Å². The fourth-order valence-corrected chi connectivity index (χ4v) is 2.38. The number of anilines is 1. The molecule has 0 bridgehead atoms. The molecule has 2 amide bonds. The molecule has 4 N–H and O–H groups in total. The highest BCUT2D eigenvalue weighted by Crippen LogP contribution is 2.25. The summed E-state index contributed by atoms with van der Waals surface area (Å²) in [5, 5.41) is 5.28. The molecule has 0 aliphatic heterocycles. The van der Waals surface area contributed by atoms with Crippen molar-refractivity contribution in [3.05, 3.63) is 24.1 Å². The van der Waals surface area contributed by atoms with E-state index in [4.69, 9.17) is 10.2 Å². The van der Waals surface area contributed by atoms with Gasteiger partial charge in [0.2, 0.25) is 11.8 Å². The van der Waals surface area contributed by atoms with E-state index in [0.717, 1.165) is 6.42 Å². The summed E-state index contributed by atoms with van der Waals surface area (Å²) in [5.74, 6) is 0.0156. The first-order valence-corrected chi connectivity index (χ1v) is 8.78. The molecular formula is C19H28N4O3. The van der Waals surface area contributed by atoms with Gasteiger partial charge in [-0.15, -0.1) is 0 Å². The zero-order valence-electron chi connectivity index (χ0n) is 16.1. The molecule has 1 heterocycles. The number of fused-ring (bicyclic) bond motifs is 1. The number of nitrogens with one attached hydrogen (secondary N) is 2. The summed E-state index contributed by atoms with van der Waals surface area (Å²) in [6.45, 7) is 9.93. The molecule has 1 aromatic carbocycles. The van der Waals surface area contributed by atoms with E-state index in [1.807, 2.05) is 13.8 Å². The third-order valence-electron chi connectivity index (χ3n) is 3.84. The lowest BCUT2D eigenvalue weighted by molar-refractivity contribution is -0.125. The van der Waals surface area contributed by atoms with Crippen LogP contribution in [-0.2, 0) is 16.0 Å². The summed E-state index contributed by atoms with van der Waals surface area (Å²) in [5.41, 5.74) is 7.79. The molecule has 0 aliphatic rings. The van der Waals surface area contributed by atoms with E-state index in [1.165, 1.54) is 0 Å². The second kappa shape index (κ2) is 7.86. The van der Waals surface area contributed by atoms with E-state index >= 15 is 0 Å². The Labute approximate surface area is 153 Å². The zero-order valence-corrected chi connectivity index (χ0v) is 16.1. The van der Waals surface area contributed by atoms with E-state index in [-0.39, 0.29) is 29.7 Å². The van der Waals surface area contributed by atoms with Crippen LogP contribution in [0.4, 0.5) is 5.69 Å². The lowest BCUT2D eigenvalue weighted by atomic mass is 9.92. The van der Waals surface area contributed by atoms with E-state index in [9.17, 15) is 9.59 Å². The first-order chi connectivity index (χ1) is 12.0. The largest absolute Gasteiger partial charge is 0.441 e. The van der Waals surface area contributed by atoms with Crippen molar-refractivity contribution in [2.24, 2.45) is 17.1 Å². The van der Waals surface area contributed by atoms with Crippen molar-refractivity contribution in [2.75, 3.05) is 11.9 Å². The molecule has 0 radical (unpaired) electrons. The van der Waals surface area contributed by atoms with Crippen LogP contribution in [0.15, 0.2) is 22.6 Å². The Morgan fingerprint density at radius 1 is 1.27 bits per heavy atom. The SMILES string of the molecule is CC(C)[C@H](N)C(=O)NCC(=O)Nc1ccc2oc(CC(C)(C)C)nc2c1. The normalized spacial score (nSPS) is 13.0. The Hall–Kier alpha value is -2.41. The molecule has 0 spiro atoms. The molecule has 1 atom stereocenters. The molecule has 0 fully saturated rings. The predicted molar refractivity (Wildman–Crippen MR) is 102 cm³/mol. The number of nitrogens with two attached hydrogens (primary N) is 1. The van der Waals surface area contributed by atoms with E-state index < -0.39 is 6.04 Å². The molecule has 2 rings (SSSR count). The molecule has 142 valence electrons. The molecule has 7 nitrogen and oxygen atoms in total. The standard InChI is InChI=1S/C19H28N4O3/c1-11(2)17(20)18(25)21-10-15(24)22-12-6-7-14-13(8-12)23-16(26-14)9-19(3,4)5/h6-8,11,17H,9-10,20H2,1-5H3,(H,21,25)(H,22,24)/t17-/m0/s1. The van der Waals surface area contributed by atoms with Crippen LogP contribution in [0.25, 0.3) is 11.1 Å². The molecule has 2 aromatic rings. The van der Waals surface area contributed by atoms with Crippen molar-refractivity contribution in [3.63, 3.8) is 0 Å². The highest BCUT2D eigenvalue weighted by Gasteiger charge is 2.18. The van der Waals surface area contributed by atoms with Gasteiger partial charge in [0.1, 0.15) is 5.52 Å². The molecule has 0 aliphatic carbocycles. The third kappa shape index (κ3) is 5.56. The van der Waals surface area contributed by atoms with Crippen LogP contribution in [0, 0.1) is 11.3 Å². The Morgan fingerprint density at radius 3 is 2.58 bits per heavy atom. The summed E-state index contributed by atoms with van der Waals surface area (Å²) in [7, 11) is 0. The topological polar surface area (TPSA) is 110 Å². The van der Waals surface area contributed by atoms with Crippen molar-refractivity contribution in [3.8, 4) is 0 Å². The minimum Gasteiger partial charge on any atom is -0.441 e. The Kier molecular flexibility index (Phi) is 6.02. The Bertz CT molecular complexity index is 790. The maximum absolute atomic E-state index is 12.0. The van der Waals surface area contributed by atoms with Gasteiger partial charge in [-0.05, 0) is 29.5 Å². The zero-order chi connectivity index (χ0) is 19.5. The number of benzene rings is 1. The van der Waals surface area contributed by atoms with Crippen LogP contribution in [0.2, 0.25) is 0 Å². The molecular weight excluding hydrogens is 332 g/mol. The summed E-state index contributed by atoms with van der Waals surface area (Å²) in [6.07, 6.45) is 0.728. The first-order valence-electron chi connectivity index (χ1n) is 8.78. The molecule has 1 aromatic heterocycles. The third-order valence-corrected chi connectivity index (χ3v) is 3.84. The second-order valence-corrected chi connectivity index (χ2v) is 8.06. The van der Waals surface area contributed by atoms with Crippen molar-refractivity contribution in [1.29, 1.82) is 0 Å². The van der Waals surface area contributed by atoms with Gasteiger partial charge in [-0.1, -0.05) is 34.6 Å². The maximum atomic E-state index is 12.0. The van der Waals surface area contributed by atoms with Crippen molar-refractivity contribution in [2.45, 2.75) is 47.1 Å². The van der Waals surface area contributed by atoms with Crippen molar-refractivity contribution >= 4 is 28.6 Å². The number of nitrogens with zero attached hydrogens (tertiary/aromatic N) is 1. The van der Waals surface area contributed by atoms with Crippen molar-refractivity contribution < 1.29 is 14.0 Å². The lowest BCUT2D eigenvalue weighted by Crippen LogP contribution is -2.46. The second-order valence-electron chi connectivity index (χ2n) is 8.06. The highest BCUT2D eigenvalue weighted by molar-refractivity contribution is 5.96. The number of carbonyl (C=O) groups is 2. The van der Waals surface area contributed by atoms with Gasteiger partial charge in [-0.3, -0.25) is 9.59 Å². The maximum Gasteiger partial charge on any atom is 0.243 e. The van der Waals surface area contributed by atoms with Gasteiger partial charge >= 0.3 is 0 Å². The number of hydrogen-bond donors (Lipinski definition) is 3. The first kappa shape index (κ1) is 19.9. The summed E-state index contributed by atoms with van der Waals surface area (Å²) >= 11 is 0. The van der Waals surface area contributed by atoms with Gasteiger partial charge in [0, 0.05) is 12.1 Å². The van der Waals surface area contributed by atoms with Crippen LogP contribution in [0.1, 0.15) is 40.5 Å². The smallest absolute Gasteiger partial charge is 0.243 e. The lowest BCUT2D eigenvalue weighted by Gasteiger charge is -2.15. The van der Waals surface area contributed by atoms with Crippen molar-refractivity contribution in [1.82, 2.24) is 10.3 Å². The van der Waals surface area contributed by atoms with Gasteiger partial charge in [-0.25, -0.2) is 4.98 Å². The molecule has 26 heavy (non-hydrogen) atoms. The summed E-state index contributed by atoms with van der Waals surface area (Å²) < 4.78 is 5.74. The molecule has 0 saturated heterocycles. The fourth-order valence-electron chi connectivity index (χ4n) is 2.38. The van der Waals surface area contributed by atoms with E-state index in [1.54, 1.807) is 18.2 Å². The number of carbonyl (C=O) groups excluding carboxylic acids is 2. The monoisotopic (exact) mass is 360 g/mol. The van der Waals surface area contributed by atoms with Gasteiger partial charge in [0.15, 0.2) is 11.5 Å². The molecule has 0 unspecified atom stereocenters. The van der Waals surface area contributed by atoms with Crippen LogP contribution in [0.3, 0.4) is 0 Å². The van der Waals surface area contributed by atoms with Crippen LogP contribution in [-0.4, -0.2) is 29.4 Å². The summed E-state index contributed by atoms with van der Waals surface area (Å²) in [4.78, 5) is 28.3. The minimum absolute atomic E-state index is 0.00919. The number of hydrogen-bond acceptors (Lipinski definition) is 5. The number of amides is 2. The van der Waals surface area contributed by atoms with E-state index in [0.29, 0.717) is 22.7 Å². The summed E-state index contributed by atoms with van der Waals surface area (Å²) in [6, 6.07) is 4.64. The van der Waals surface area contributed by atoms with E-state index in [2.05, 4.69) is 36.4 Å². The predicted octanol–water partition coefficient (Wildman–Crippen LogP) is 2.45. The average Bonchev–Trinajstić information content (AvgIpc) is 2.90. The number of aromatic nitrogens is 1. The number of oxazole rings is 1.